The van der Waals surface area contributed by atoms with Crippen molar-refractivity contribution in [2.45, 2.75) is 13.3 Å². The summed E-state index contributed by atoms with van der Waals surface area (Å²) in [4.78, 5) is 11.7. The van der Waals surface area contributed by atoms with E-state index < -0.39 is 0 Å². The Labute approximate surface area is 147 Å². The molecule has 0 saturated carbocycles. The minimum absolute atomic E-state index is 0.121. The molecule has 0 atom stereocenters. The van der Waals surface area contributed by atoms with Crippen LogP contribution in [0.5, 0.6) is 0 Å². The zero-order chi connectivity index (χ0) is 17.6. The Morgan fingerprint density at radius 1 is 0.760 bits per heavy atom. The lowest BCUT2D eigenvalue weighted by atomic mass is 9.92. The molecule has 0 unspecified atom stereocenters. The van der Waals surface area contributed by atoms with Crippen molar-refractivity contribution in [3.05, 3.63) is 117 Å². The third-order valence-electron chi connectivity index (χ3n) is 4.18. The van der Waals surface area contributed by atoms with E-state index in [1.807, 2.05) is 72.8 Å². The first-order valence-electron chi connectivity index (χ1n) is 8.29. The van der Waals surface area contributed by atoms with Crippen LogP contribution in [-0.4, -0.2) is 4.92 Å². The first kappa shape index (κ1) is 16.7. The van der Waals surface area contributed by atoms with Gasteiger partial charge in [0.1, 0.15) is 0 Å². The lowest BCUT2D eigenvalue weighted by Crippen LogP contribution is -2.04. The highest BCUT2D eigenvalue weighted by Crippen LogP contribution is 2.32. The molecule has 3 nitrogen and oxygen atoms in total. The molecule has 0 bridgehead atoms. The van der Waals surface area contributed by atoms with Crippen molar-refractivity contribution in [1.82, 2.24) is 0 Å². The standard InChI is InChI=1S/C22H19NO2/c1-2-17-13-15-19(16-14-17)21(18-9-5-3-6-10-18)22(23(24)25)20-11-7-4-8-12-20/h3-16H,2H2,1H3/b22-21+. The zero-order valence-electron chi connectivity index (χ0n) is 14.1. The lowest BCUT2D eigenvalue weighted by molar-refractivity contribution is -0.374. The van der Waals surface area contributed by atoms with E-state index in [4.69, 9.17) is 0 Å². The Bertz CT molecular complexity index is 882. The van der Waals surface area contributed by atoms with Crippen molar-refractivity contribution in [3.63, 3.8) is 0 Å². The van der Waals surface area contributed by atoms with Crippen LogP contribution in [0.1, 0.15) is 29.2 Å². The maximum absolute atomic E-state index is 12.0. The van der Waals surface area contributed by atoms with E-state index in [9.17, 15) is 10.1 Å². The van der Waals surface area contributed by atoms with Gasteiger partial charge in [0.25, 0.3) is 5.70 Å². The Morgan fingerprint density at radius 2 is 1.24 bits per heavy atom. The molecule has 0 aromatic heterocycles. The predicted molar refractivity (Wildman–Crippen MR) is 102 cm³/mol. The van der Waals surface area contributed by atoms with Gasteiger partial charge >= 0.3 is 0 Å². The average molecular weight is 329 g/mol. The molecule has 124 valence electrons. The van der Waals surface area contributed by atoms with Gasteiger partial charge in [-0.05, 0) is 35.2 Å². The summed E-state index contributed by atoms with van der Waals surface area (Å²) in [5.74, 6) is 0. The minimum Gasteiger partial charge on any atom is -0.258 e. The SMILES string of the molecule is CCc1ccc(/C(=C(\c2ccccc2)[N+](=O)[O-])c2ccccc2)cc1. The van der Waals surface area contributed by atoms with Crippen LogP contribution < -0.4 is 0 Å². The lowest BCUT2D eigenvalue weighted by Gasteiger charge is -2.11. The largest absolute Gasteiger partial charge is 0.284 e. The molecule has 3 aromatic rings. The monoisotopic (exact) mass is 329 g/mol. The van der Waals surface area contributed by atoms with Gasteiger partial charge < -0.3 is 0 Å². The first-order valence-corrected chi connectivity index (χ1v) is 8.29. The second-order valence-corrected chi connectivity index (χ2v) is 5.76. The fourth-order valence-corrected chi connectivity index (χ4v) is 2.89. The predicted octanol–water partition coefficient (Wildman–Crippen LogP) is 5.44. The molecule has 25 heavy (non-hydrogen) atoms. The van der Waals surface area contributed by atoms with E-state index in [0.717, 1.165) is 17.5 Å². The molecule has 0 spiro atoms. The van der Waals surface area contributed by atoms with Gasteiger partial charge in [-0.2, -0.15) is 0 Å². The van der Waals surface area contributed by atoms with Crippen molar-refractivity contribution in [1.29, 1.82) is 0 Å². The Kier molecular flexibility index (Phi) is 5.05. The summed E-state index contributed by atoms with van der Waals surface area (Å²) < 4.78 is 0. The zero-order valence-corrected chi connectivity index (χ0v) is 14.1. The molecule has 0 aliphatic carbocycles. The maximum Gasteiger partial charge on any atom is 0.284 e. The highest BCUT2D eigenvalue weighted by molar-refractivity contribution is 5.95. The third kappa shape index (κ3) is 3.66. The van der Waals surface area contributed by atoms with Crippen LogP contribution in [0.3, 0.4) is 0 Å². The van der Waals surface area contributed by atoms with Gasteiger partial charge in [-0.3, -0.25) is 10.1 Å². The summed E-state index contributed by atoms with van der Waals surface area (Å²) in [6.07, 6.45) is 0.936. The van der Waals surface area contributed by atoms with Crippen molar-refractivity contribution >= 4 is 11.3 Å². The van der Waals surface area contributed by atoms with Gasteiger partial charge in [0, 0.05) is 0 Å². The van der Waals surface area contributed by atoms with Crippen molar-refractivity contribution < 1.29 is 4.92 Å². The summed E-state index contributed by atoms with van der Waals surface area (Å²) in [6, 6.07) is 26.6. The van der Waals surface area contributed by atoms with Crippen LogP contribution in [0, 0.1) is 10.1 Å². The summed E-state index contributed by atoms with van der Waals surface area (Å²) in [5.41, 5.74) is 4.25. The number of hydrogen-bond donors (Lipinski definition) is 0. The minimum atomic E-state index is -0.286. The topological polar surface area (TPSA) is 43.1 Å². The first-order chi connectivity index (χ1) is 12.2. The van der Waals surface area contributed by atoms with E-state index in [1.54, 1.807) is 12.1 Å². The molecule has 0 radical (unpaired) electrons. The highest BCUT2D eigenvalue weighted by Gasteiger charge is 2.23. The van der Waals surface area contributed by atoms with Gasteiger partial charge in [-0.1, -0.05) is 79.7 Å². The van der Waals surface area contributed by atoms with E-state index in [0.29, 0.717) is 11.1 Å². The Hall–Kier alpha value is -3.20. The molecule has 0 aliphatic rings. The van der Waals surface area contributed by atoms with Crippen LogP contribution in [0.15, 0.2) is 84.9 Å². The van der Waals surface area contributed by atoms with Crippen molar-refractivity contribution in [3.8, 4) is 0 Å². The van der Waals surface area contributed by atoms with Crippen LogP contribution in [-0.2, 0) is 6.42 Å². The number of benzene rings is 3. The van der Waals surface area contributed by atoms with Crippen LogP contribution >= 0.6 is 0 Å². The number of rotatable bonds is 5. The van der Waals surface area contributed by atoms with Crippen molar-refractivity contribution in [2.75, 3.05) is 0 Å². The number of nitrogens with zero attached hydrogens (tertiary/aromatic N) is 1. The molecular weight excluding hydrogens is 310 g/mol. The fraction of sp³-hybridized carbons (Fsp3) is 0.0909. The molecule has 0 amide bonds. The molecule has 0 heterocycles. The molecule has 0 N–H and O–H groups in total. The van der Waals surface area contributed by atoms with E-state index in [-0.39, 0.29) is 10.6 Å². The van der Waals surface area contributed by atoms with E-state index in [1.165, 1.54) is 5.56 Å². The Balaban J connectivity index is 2.30. The second-order valence-electron chi connectivity index (χ2n) is 5.76. The summed E-state index contributed by atoms with van der Waals surface area (Å²) in [6.45, 7) is 2.09. The van der Waals surface area contributed by atoms with Crippen LogP contribution in [0.2, 0.25) is 0 Å². The van der Waals surface area contributed by atoms with E-state index >= 15 is 0 Å². The molecule has 0 aliphatic heterocycles. The van der Waals surface area contributed by atoms with Gasteiger partial charge in [0.05, 0.1) is 16.1 Å². The van der Waals surface area contributed by atoms with Crippen LogP contribution in [0.4, 0.5) is 0 Å². The van der Waals surface area contributed by atoms with Gasteiger partial charge in [-0.15, -0.1) is 0 Å². The normalized spacial score (nSPS) is 11.7. The number of hydrogen-bond acceptors (Lipinski definition) is 2. The van der Waals surface area contributed by atoms with E-state index in [2.05, 4.69) is 6.92 Å². The maximum atomic E-state index is 12.0. The summed E-state index contributed by atoms with van der Waals surface area (Å²) in [7, 11) is 0. The quantitative estimate of drug-likeness (QED) is 0.355. The number of nitro groups is 1. The highest BCUT2D eigenvalue weighted by atomic mass is 16.6. The fourth-order valence-electron chi connectivity index (χ4n) is 2.89. The molecule has 3 aromatic carbocycles. The number of aryl methyl sites for hydroxylation is 1. The van der Waals surface area contributed by atoms with Crippen molar-refractivity contribution in [2.24, 2.45) is 0 Å². The molecular formula is C22H19NO2. The van der Waals surface area contributed by atoms with Crippen LogP contribution in [0.25, 0.3) is 11.3 Å². The van der Waals surface area contributed by atoms with Gasteiger partial charge in [-0.25, -0.2) is 0 Å². The summed E-state index contributed by atoms with van der Waals surface area (Å²) >= 11 is 0. The Morgan fingerprint density at radius 3 is 1.72 bits per heavy atom. The third-order valence-corrected chi connectivity index (χ3v) is 4.18. The average Bonchev–Trinajstić information content (AvgIpc) is 2.67. The molecule has 3 rings (SSSR count). The summed E-state index contributed by atoms with van der Waals surface area (Å²) in [5, 5.41) is 12.0. The second kappa shape index (κ2) is 7.58. The molecule has 3 heteroatoms. The smallest absolute Gasteiger partial charge is 0.258 e. The van der Waals surface area contributed by atoms with Gasteiger partial charge in [0.15, 0.2) is 0 Å². The van der Waals surface area contributed by atoms with Gasteiger partial charge in [0.2, 0.25) is 0 Å². The molecule has 0 fully saturated rings. The molecule has 0 saturated heterocycles.